The first kappa shape index (κ1) is 14.2. The average molecular weight is 295 g/mol. The minimum absolute atomic E-state index is 0.304. The van der Waals surface area contributed by atoms with Gasteiger partial charge in [-0.25, -0.2) is 4.79 Å². The fourth-order valence-corrected chi connectivity index (χ4v) is 2.52. The number of hydrogen-bond donors (Lipinski definition) is 0. The molecule has 0 bridgehead atoms. The summed E-state index contributed by atoms with van der Waals surface area (Å²) in [6.45, 7) is 2.17. The molecule has 1 heterocycles. The van der Waals surface area contributed by atoms with Crippen LogP contribution in [0.5, 0.6) is 0 Å². The number of aromatic nitrogens is 1. The zero-order valence-electron chi connectivity index (χ0n) is 12.6. The van der Waals surface area contributed by atoms with E-state index in [9.17, 15) is 4.79 Å². The monoisotopic (exact) mass is 295 g/mol. The molecule has 2 aromatic carbocycles. The molecule has 0 radical (unpaired) electrons. The van der Waals surface area contributed by atoms with Crippen molar-refractivity contribution in [2.45, 2.75) is 6.92 Å². The Morgan fingerprint density at radius 1 is 1.09 bits per heavy atom. The number of para-hydroxylation sites is 1. The summed E-state index contributed by atoms with van der Waals surface area (Å²) in [6, 6.07) is 17.4. The topological polar surface area (TPSA) is 40.5 Å². The van der Waals surface area contributed by atoms with E-state index < -0.39 is 0 Å². The first-order chi connectivity index (χ1) is 10.7. The molecule has 0 aliphatic heterocycles. The smallest absolute Gasteiger partial charge is 0.338 e. The van der Waals surface area contributed by atoms with Gasteiger partial charge in [-0.3, -0.25) is 0 Å². The lowest BCUT2D eigenvalue weighted by Crippen LogP contribution is -2.07. The Labute approximate surface area is 128 Å². The van der Waals surface area contributed by atoms with E-state index in [2.05, 4.69) is 6.07 Å². The molecule has 1 aromatic heterocycles. The number of benzene rings is 2. The highest BCUT2D eigenvalue weighted by Gasteiger charge is 2.12. The van der Waals surface area contributed by atoms with Gasteiger partial charge in [0, 0.05) is 10.9 Å². The normalized spacial score (nSPS) is 10.6. The molecule has 22 heavy (non-hydrogen) atoms. The zero-order chi connectivity index (χ0) is 15.5. The second-order valence-corrected chi connectivity index (χ2v) is 4.86. The van der Waals surface area contributed by atoms with Crippen LogP contribution >= 0.6 is 0 Å². The van der Waals surface area contributed by atoms with Crippen molar-refractivity contribution in [3.8, 4) is 11.3 Å². The Hall–Kier alpha value is -2.75. The van der Waals surface area contributed by atoms with Gasteiger partial charge in [0.15, 0.2) is 0 Å². The highest BCUT2D eigenvalue weighted by Crippen LogP contribution is 2.27. The van der Waals surface area contributed by atoms with Crippen molar-refractivity contribution in [2.24, 2.45) is 0 Å². The maximum absolute atomic E-state index is 11.7. The van der Waals surface area contributed by atoms with Gasteiger partial charge >= 0.3 is 5.97 Å². The Morgan fingerprint density at radius 2 is 1.82 bits per heavy atom. The Bertz CT molecular complexity index is 803. The van der Waals surface area contributed by atoms with Gasteiger partial charge in [0.05, 0.1) is 23.4 Å². The molecule has 0 aliphatic rings. The largest absolute Gasteiger partial charge is 0.462 e. The third kappa shape index (κ3) is 2.44. The van der Waals surface area contributed by atoms with Gasteiger partial charge in [-0.15, -0.1) is 0 Å². The predicted molar refractivity (Wildman–Crippen MR) is 85.8 cm³/mol. The maximum Gasteiger partial charge on any atom is 0.338 e. The standard InChI is InChI=1S/C18H17NO3/c1-3-22-18(20)14-10-8-13(9-11-14)17-12-15-6-4-5-7-16(15)19(17)21-2/h4-12H,3H2,1-2H3. The third-order valence-corrected chi connectivity index (χ3v) is 3.54. The molecule has 0 atom stereocenters. The van der Waals surface area contributed by atoms with Crippen LogP contribution in [0.1, 0.15) is 17.3 Å². The number of ether oxygens (including phenoxy) is 1. The third-order valence-electron chi connectivity index (χ3n) is 3.54. The summed E-state index contributed by atoms with van der Waals surface area (Å²) in [5.74, 6) is -0.304. The quantitative estimate of drug-likeness (QED) is 0.691. The van der Waals surface area contributed by atoms with Crippen molar-refractivity contribution in [2.75, 3.05) is 13.7 Å². The molecular weight excluding hydrogens is 278 g/mol. The van der Waals surface area contributed by atoms with Gasteiger partial charge < -0.3 is 9.57 Å². The minimum Gasteiger partial charge on any atom is -0.462 e. The molecule has 0 spiro atoms. The van der Waals surface area contributed by atoms with E-state index in [0.717, 1.165) is 22.2 Å². The van der Waals surface area contributed by atoms with Crippen LogP contribution in [-0.4, -0.2) is 24.4 Å². The van der Waals surface area contributed by atoms with E-state index >= 15 is 0 Å². The molecule has 112 valence electrons. The van der Waals surface area contributed by atoms with Gasteiger partial charge in [-0.05, 0) is 31.2 Å². The second-order valence-electron chi connectivity index (χ2n) is 4.86. The van der Waals surface area contributed by atoms with Crippen molar-refractivity contribution in [3.63, 3.8) is 0 Å². The van der Waals surface area contributed by atoms with E-state index in [1.165, 1.54) is 0 Å². The SMILES string of the molecule is CCOC(=O)c1ccc(-c2cc3ccccc3n2OC)cc1. The molecule has 0 saturated carbocycles. The van der Waals surface area contributed by atoms with Crippen LogP contribution in [-0.2, 0) is 4.74 Å². The zero-order valence-corrected chi connectivity index (χ0v) is 12.6. The second kappa shape index (κ2) is 5.93. The lowest BCUT2D eigenvalue weighted by molar-refractivity contribution is 0.0526. The van der Waals surface area contributed by atoms with Gasteiger partial charge in [-0.1, -0.05) is 30.3 Å². The molecule has 4 heteroatoms. The van der Waals surface area contributed by atoms with Gasteiger partial charge in [0.25, 0.3) is 0 Å². The van der Waals surface area contributed by atoms with Gasteiger partial charge in [0.1, 0.15) is 7.11 Å². The van der Waals surface area contributed by atoms with E-state index in [1.54, 1.807) is 30.9 Å². The van der Waals surface area contributed by atoms with Crippen molar-refractivity contribution in [1.82, 2.24) is 4.73 Å². The summed E-state index contributed by atoms with van der Waals surface area (Å²) >= 11 is 0. The molecular formula is C18H17NO3. The lowest BCUT2D eigenvalue weighted by atomic mass is 10.1. The molecule has 3 aromatic rings. The molecule has 0 fully saturated rings. The summed E-state index contributed by atoms with van der Waals surface area (Å²) in [5.41, 5.74) is 3.48. The average Bonchev–Trinajstić information content (AvgIpc) is 2.93. The van der Waals surface area contributed by atoms with Crippen LogP contribution in [0.15, 0.2) is 54.6 Å². The van der Waals surface area contributed by atoms with Gasteiger partial charge in [-0.2, -0.15) is 4.73 Å². The lowest BCUT2D eigenvalue weighted by Gasteiger charge is -2.09. The van der Waals surface area contributed by atoms with Crippen molar-refractivity contribution in [1.29, 1.82) is 0 Å². The molecule has 0 aliphatic carbocycles. The number of hydrogen-bond acceptors (Lipinski definition) is 3. The predicted octanol–water partition coefficient (Wildman–Crippen LogP) is 3.54. The summed E-state index contributed by atoms with van der Waals surface area (Å²) < 4.78 is 6.78. The van der Waals surface area contributed by atoms with E-state index in [0.29, 0.717) is 12.2 Å². The summed E-state index contributed by atoms with van der Waals surface area (Å²) in [5, 5.41) is 1.11. The molecule has 3 rings (SSSR count). The van der Waals surface area contributed by atoms with Crippen LogP contribution in [0.2, 0.25) is 0 Å². The van der Waals surface area contributed by atoms with E-state index in [4.69, 9.17) is 9.57 Å². The summed E-state index contributed by atoms with van der Waals surface area (Å²) in [4.78, 5) is 17.2. The van der Waals surface area contributed by atoms with Crippen LogP contribution in [0.3, 0.4) is 0 Å². The molecule has 0 unspecified atom stereocenters. The van der Waals surface area contributed by atoms with Crippen molar-refractivity contribution < 1.29 is 14.4 Å². The fraction of sp³-hybridized carbons (Fsp3) is 0.167. The number of carbonyl (C=O) groups is 1. The fourth-order valence-electron chi connectivity index (χ4n) is 2.52. The first-order valence-corrected chi connectivity index (χ1v) is 7.17. The Balaban J connectivity index is 2.02. The molecule has 0 saturated heterocycles. The highest BCUT2D eigenvalue weighted by atomic mass is 16.6. The van der Waals surface area contributed by atoms with E-state index in [-0.39, 0.29) is 5.97 Å². The van der Waals surface area contributed by atoms with Crippen molar-refractivity contribution in [3.05, 3.63) is 60.2 Å². The number of rotatable bonds is 4. The summed E-state index contributed by atoms with van der Waals surface area (Å²) in [6.07, 6.45) is 0. The number of carbonyl (C=O) groups excluding carboxylic acids is 1. The molecule has 0 N–H and O–H groups in total. The summed E-state index contributed by atoms with van der Waals surface area (Å²) in [7, 11) is 1.64. The Morgan fingerprint density at radius 3 is 2.50 bits per heavy atom. The highest BCUT2D eigenvalue weighted by molar-refractivity contribution is 5.91. The number of nitrogens with zero attached hydrogens (tertiary/aromatic N) is 1. The number of esters is 1. The van der Waals surface area contributed by atoms with Crippen LogP contribution in [0, 0.1) is 0 Å². The van der Waals surface area contributed by atoms with Crippen LogP contribution in [0.25, 0.3) is 22.2 Å². The van der Waals surface area contributed by atoms with Crippen LogP contribution < -0.4 is 4.84 Å². The molecule has 4 nitrogen and oxygen atoms in total. The maximum atomic E-state index is 11.7. The van der Waals surface area contributed by atoms with Crippen molar-refractivity contribution >= 4 is 16.9 Å². The number of fused-ring (bicyclic) bond motifs is 1. The first-order valence-electron chi connectivity index (χ1n) is 7.17. The van der Waals surface area contributed by atoms with Crippen LogP contribution in [0.4, 0.5) is 0 Å². The minimum atomic E-state index is -0.304. The van der Waals surface area contributed by atoms with E-state index in [1.807, 2.05) is 36.4 Å². The van der Waals surface area contributed by atoms with Gasteiger partial charge in [0.2, 0.25) is 0 Å². The Kier molecular flexibility index (Phi) is 3.83. The molecule has 0 amide bonds.